The van der Waals surface area contributed by atoms with Crippen LogP contribution >= 0.6 is 0 Å². The minimum Gasteiger partial charge on any atom is -0.395 e. The van der Waals surface area contributed by atoms with Crippen LogP contribution in [0, 0.1) is 0 Å². The first-order valence-corrected chi connectivity index (χ1v) is 5.96. The van der Waals surface area contributed by atoms with Crippen molar-refractivity contribution in [2.45, 2.75) is 25.9 Å². The van der Waals surface area contributed by atoms with Gasteiger partial charge < -0.3 is 26.6 Å². The molecule has 0 spiro atoms. The molecule has 0 amide bonds. The first-order chi connectivity index (χ1) is 8.39. The zero-order valence-electron chi connectivity index (χ0n) is 11.0. The van der Waals surface area contributed by atoms with Crippen LogP contribution in [0.3, 0.4) is 0 Å². The lowest BCUT2D eigenvalue weighted by atomic mass is 10.1. The summed E-state index contributed by atoms with van der Waals surface area (Å²) in [5.41, 5.74) is 12.0. The lowest BCUT2D eigenvalue weighted by molar-refractivity contribution is 0.279. The Balaban J connectivity index is 3.00. The van der Waals surface area contributed by atoms with E-state index in [1.54, 1.807) is 15.8 Å². The van der Waals surface area contributed by atoms with E-state index >= 15 is 0 Å². The third-order valence-corrected chi connectivity index (χ3v) is 2.44. The Morgan fingerprint density at radius 2 is 1.89 bits per heavy atom. The normalized spacial score (nSPS) is 11.8. The molecule has 0 aromatic carbocycles. The molecule has 7 heteroatoms. The number of rotatable bonds is 7. The molecule has 0 saturated carbocycles. The van der Waals surface area contributed by atoms with Gasteiger partial charge in [-0.1, -0.05) is 0 Å². The minimum atomic E-state index is -0.419. The van der Waals surface area contributed by atoms with E-state index in [1.165, 1.54) is 0 Å². The van der Waals surface area contributed by atoms with E-state index in [1.807, 2.05) is 13.8 Å². The van der Waals surface area contributed by atoms with Crippen molar-refractivity contribution in [2.24, 2.45) is 5.73 Å². The summed E-state index contributed by atoms with van der Waals surface area (Å²) in [6.07, 6.45) is 1.56. The van der Waals surface area contributed by atoms with Crippen LogP contribution in [-0.4, -0.2) is 51.8 Å². The summed E-state index contributed by atoms with van der Waals surface area (Å²) in [6, 6.07) is 0. The fourth-order valence-corrected chi connectivity index (χ4v) is 1.81. The molecule has 0 fully saturated rings. The number of hydrogen-bond donors (Lipinski definition) is 4. The molecule has 0 aliphatic heterocycles. The predicted molar refractivity (Wildman–Crippen MR) is 71.3 cm³/mol. The molecular weight excluding hydrogens is 234 g/mol. The predicted octanol–water partition coefficient (Wildman–Crippen LogP) is -1.01. The fourth-order valence-electron chi connectivity index (χ4n) is 1.81. The Kier molecular flexibility index (Phi) is 4.94. The van der Waals surface area contributed by atoms with Gasteiger partial charge in [0.15, 0.2) is 5.82 Å². The number of anilines is 2. The van der Waals surface area contributed by atoms with Crippen LogP contribution in [0.4, 0.5) is 11.5 Å². The van der Waals surface area contributed by atoms with E-state index in [0.29, 0.717) is 31.1 Å². The summed E-state index contributed by atoms with van der Waals surface area (Å²) in [5, 5.41) is 22.3. The van der Waals surface area contributed by atoms with E-state index in [2.05, 4.69) is 5.10 Å². The Hall–Kier alpha value is -1.31. The molecule has 1 aromatic rings. The molecule has 6 N–H and O–H groups in total. The van der Waals surface area contributed by atoms with E-state index < -0.39 is 5.54 Å². The average molecular weight is 257 g/mol. The Labute approximate surface area is 107 Å². The molecule has 18 heavy (non-hydrogen) atoms. The molecule has 0 aliphatic carbocycles. The topological polar surface area (TPSA) is 114 Å². The van der Waals surface area contributed by atoms with Crippen molar-refractivity contribution in [3.8, 4) is 0 Å². The number of aliphatic hydroxyl groups is 2. The maximum atomic E-state index is 9.06. The van der Waals surface area contributed by atoms with Crippen LogP contribution < -0.4 is 16.4 Å². The van der Waals surface area contributed by atoms with Gasteiger partial charge in [0, 0.05) is 18.6 Å². The Morgan fingerprint density at radius 1 is 1.33 bits per heavy atom. The lowest BCUT2D eigenvalue weighted by Gasteiger charge is -2.27. The Morgan fingerprint density at radius 3 is 2.33 bits per heavy atom. The van der Waals surface area contributed by atoms with Crippen molar-refractivity contribution in [1.29, 1.82) is 0 Å². The molecule has 0 radical (unpaired) electrons. The van der Waals surface area contributed by atoms with Gasteiger partial charge in [-0.05, 0) is 13.8 Å². The minimum absolute atomic E-state index is 0.0172. The molecular formula is C11H23N5O2. The van der Waals surface area contributed by atoms with Gasteiger partial charge >= 0.3 is 0 Å². The van der Waals surface area contributed by atoms with Gasteiger partial charge in [0.1, 0.15) is 0 Å². The maximum Gasteiger partial charge on any atom is 0.150 e. The number of hydrogen-bond acceptors (Lipinski definition) is 6. The first kappa shape index (κ1) is 14.7. The molecule has 7 nitrogen and oxygen atoms in total. The van der Waals surface area contributed by atoms with Gasteiger partial charge in [-0.25, -0.2) is 4.68 Å². The molecule has 1 rings (SSSR count). The van der Waals surface area contributed by atoms with Crippen molar-refractivity contribution < 1.29 is 10.2 Å². The summed E-state index contributed by atoms with van der Waals surface area (Å²) < 4.78 is 1.71. The van der Waals surface area contributed by atoms with Crippen LogP contribution in [-0.2, 0) is 6.54 Å². The number of aliphatic hydroxyl groups excluding tert-OH is 2. The lowest BCUT2D eigenvalue weighted by Crippen LogP contribution is -2.39. The van der Waals surface area contributed by atoms with E-state index in [4.69, 9.17) is 21.7 Å². The van der Waals surface area contributed by atoms with Gasteiger partial charge in [-0.15, -0.1) is 0 Å². The molecule has 1 aromatic heterocycles. The molecule has 104 valence electrons. The van der Waals surface area contributed by atoms with Gasteiger partial charge in [0.25, 0.3) is 0 Å². The number of nitrogen functional groups attached to an aromatic ring is 1. The molecule has 0 aliphatic rings. The second-order valence-corrected chi connectivity index (χ2v) is 5.00. The van der Waals surface area contributed by atoms with Crippen LogP contribution in [0.5, 0.6) is 0 Å². The summed E-state index contributed by atoms with van der Waals surface area (Å²) >= 11 is 0. The molecule has 0 atom stereocenters. The van der Waals surface area contributed by atoms with Crippen molar-refractivity contribution in [3.05, 3.63) is 6.20 Å². The van der Waals surface area contributed by atoms with Crippen molar-refractivity contribution in [1.82, 2.24) is 9.78 Å². The SMILES string of the molecule is CC(C)(N)Cn1ncc(N)c1N(CCO)CCO. The van der Waals surface area contributed by atoms with Gasteiger partial charge in [-0.3, -0.25) is 0 Å². The smallest absolute Gasteiger partial charge is 0.150 e. The quantitative estimate of drug-likeness (QED) is 0.498. The van der Waals surface area contributed by atoms with Gasteiger partial charge in [0.05, 0.1) is 31.6 Å². The summed E-state index contributed by atoms with van der Waals surface area (Å²) in [5.74, 6) is 0.691. The highest BCUT2D eigenvalue weighted by Gasteiger charge is 2.20. The zero-order valence-corrected chi connectivity index (χ0v) is 11.0. The van der Waals surface area contributed by atoms with Crippen LogP contribution in [0.2, 0.25) is 0 Å². The molecule has 0 unspecified atom stereocenters. The second-order valence-electron chi connectivity index (χ2n) is 5.00. The highest BCUT2D eigenvalue weighted by atomic mass is 16.3. The number of nitrogens with two attached hydrogens (primary N) is 2. The molecule has 0 bridgehead atoms. The fraction of sp³-hybridized carbons (Fsp3) is 0.727. The third-order valence-electron chi connectivity index (χ3n) is 2.44. The van der Waals surface area contributed by atoms with E-state index in [-0.39, 0.29) is 13.2 Å². The first-order valence-electron chi connectivity index (χ1n) is 5.96. The standard InChI is InChI=1S/C11H23N5O2/c1-11(2,13)8-16-10(9(12)7-14-16)15(3-5-17)4-6-18/h7,17-18H,3-6,8,12-13H2,1-2H3. The van der Waals surface area contributed by atoms with E-state index in [0.717, 1.165) is 0 Å². The second kappa shape index (κ2) is 6.03. The van der Waals surface area contributed by atoms with Crippen molar-refractivity contribution in [3.63, 3.8) is 0 Å². The summed E-state index contributed by atoms with van der Waals surface area (Å²) in [7, 11) is 0. The number of nitrogens with zero attached hydrogens (tertiary/aromatic N) is 3. The Bertz CT molecular complexity index is 366. The van der Waals surface area contributed by atoms with Crippen LogP contribution in [0.25, 0.3) is 0 Å². The third kappa shape index (κ3) is 3.86. The highest BCUT2D eigenvalue weighted by Crippen LogP contribution is 2.23. The van der Waals surface area contributed by atoms with Crippen molar-refractivity contribution in [2.75, 3.05) is 36.9 Å². The molecule has 0 saturated heterocycles. The number of aromatic nitrogens is 2. The maximum absolute atomic E-state index is 9.06. The van der Waals surface area contributed by atoms with E-state index in [9.17, 15) is 0 Å². The van der Waals surface area contributed by atoms with Crippen molar-refractivity contribution >= 4 is 11.5 Å². The van der Waals surface area contributed by atoms with Gasteiger partial charge in [-0.2, -0.15) is 5.10 Å². The largest absolute Gasteiger partial charge is 0.395 e. The van der Waals surface area contributed by atoms with Crippen LogP contribution in [0.1, 0.15) is 13.8 Å². The zero-order chi connectivity index (χ0) is 13.8. The van der Waals surface area contributed by atoms with Crippen LogP contribution in [0.15, 0.2) is 6.20 Å². The highest BCUT2D eigenvalue weighted by molar-refractivity contribution is 5.62. The monoisotopic (exact) mass is 257 g/mol. The summed E-state index contributed by atoms with van der Waals surface area (Å²) in [6.45, 7) is 5.05. The summed E-state index contributed by atoms with van der Waals surface area (Å²) in [4.78, 5) is 1.80. The average Bonchev–Trinajstić information content (AvgIpc) is 2.57. The van der Waals surface area contributed by atoms with Gasteiger partial charge in [0.2, 0.25) is 0 Å². The molecule has 1 heterocycles.